The minimum absolute atomic E-state index is 0.231. The predicted octanol–water partition coefficient (Wildman–Crippen LogP) is 4.26. The Kier molecular flexibility index (Phi) is 9.31. The number of unbranched alkanes of at least 4 members (excludes halogenated alkanes) is 3. The lowest BCUT2D eigenvalue weighted by atomic mass is 9.79. The van der Waals surface area contributed by atoms with E-state index in [-0.39, 0.29) is 12.2 Å². The van der Waals surface area contributed by atoms with Crippen molar-refractivity contribution in [1.29, 1.82) is 0 Å². The molecule has 0 saturated carbocycles. The molecule has 0 radical (unpaired) electrons. The molecule has 0 atom stereocenters. The standard InChI is InChI=1S/C17H32O4/c1-7-9-10-11-12-17(8-2,15(18)20-13(3)4)16(19)21-14(5)6/h13-14H,7-12H2,1-6H3. The van der Waals surface area contributed by atoms with E-state index in [0.717, 1.165) is 25.7 Å². The molecule has 124 valence electrons. The summed E-state index contributed by atoms with van der Waals surface area (Å²) in [6.07, 6.45) is 4.53. The van der Waals surface area contributed by atoms with Gasteiger partial charge in [0.1, 0.15) is 0 Å². The highest BCUT2D eigenvalue weighted by Crippen LogP contribution is 2.33. The van der Waals surface area contributed by atoms with Gasteiger partial charge in [-0.05, 0) is 40.5 Å². The second kappa shape index (κ2) is 9.80. The second-order valence-electron chi connectivity index (χ2n) is 6.15. The Labute approximate surface area is 129 Å². The Morgan fingerprint density at radius 3 is 1.67 bits per heavy atom. The number of carbonyl (C=O) groups excluding carboxylic acids is 2. The normalized spacial score (nSPS) is 11.8. The van der Waals surface area contributed by atoms with Gasteiger partial charge in [0.15, 0.2) is 5.41 Å². The smallest absolute Gasteiger partial charge is 0.323 e. The van der Waals surface area contributed by atoms with Crippen molar-refractivity contribution in [2.45, 2.75) is 92.3 Å². The summed E-state index contributed by atoms with van der Waals surface area (Å²) < 4.78 is 10.7. The summed E-state index contributed by atoms with van der Waals surface area (Å²) >= 11 is 0. The van der Waals surface area contributed by atoms with Crippen molar-refractivity contribution in [3.05, 3.63) is 0 Å². The van der Waals surface area contributed by atoms with Crippen LogP contribution < -0.4 is 0 Å². The van der Waals surface area contributed by atoms with Crippen molar-refractivity contribution in [3.63, 3.8) is 0 Å². The van der Waals surface area contributed by atoms with Crippen LogP contribution in [0.5, 0.6) is 0 Å². The maximum absolute atomic E-state index is 12.5. The van der Waals surface area contributed by atoms with Crippen LogP contribution in [-0.2, 0) is 19.1 Å². The zero-order valence-electron chi connectivity index (χ0n) is 14.5. The molecule has 0 N–H and O–H groups in total. The van der Waals surface area contributed by atoms with E-state index in [1.54, 1.807) is 27.7 Å². The summed E-state index contributed by atoms with van der Waals surface area (Å²) in [4.78, 5) is 24.9. The van der Waals surface area contributed by atoms with Gasteiger partial charge in [0, 0.05) is 0 Å². The summed E-state index contributed by atoms with van der Waals surface area (Å²) in [6, 6.07) is 0. The fraction of sp³-hybridized carbons (Fsp3) is 0.882. The zero-order chi connectivity index (χ0) is 16.5. The topological polar surface area (TPSA) is 52.6 Å². The largest absolute Gasteiger partial charge is 0.462 e. The van der Waals surface area contributed by atoms with E-state index in [9.17, 15) is 9.59 Å². The molecule has 0 aromatic rings. The molecule has 4 nitrogen and oxygen atoms in total. The molecular weight excluding hydrogens is 268 g/mol. The van der Waals surface area contributed by atoms with Crippen LogP contribution in [0, 0.1) is 5.41 Å². The third-order valence-corrected chi connectivity index (χ3v) is 3.53. The average molecular weight is 300 g/mol. The first-order valence-electron chi connectivity index (χ1n) is 8.22. The van der Waals surface area contributed by atoms with Gasteiger partial charge in [0.05, 0.1) is 12.2 Å². The average Bonchev–Trinajstić information content (AvgIpc) is 2.37. The third kappa shape index (κ3) is 6.49. The predicted molar refractivity (Wildman–Crippen MR) is 83.9 cm³/mol. The van der Waals surface area contributed by atoms with E-state index in [0.29, 0.717) is 12.8 Å². The number of ether oxygens (including phenoxy) is 2. The lowest BCUT2D eigenvalue weighted by molar-refractivity contribution is -0.178. The molecule has 0 fully saturated rings. The van der Waals surface area contributed by atoms with Gasteiger partial charge in [-0.25, -0.2) is 0 Å². The van der Waals surface area contributed by atoms with Gasteiger partial charge in [-0.2, -0.15) is 0 Å². The molecule has 0 aromatic carbocycles. The van der Waals surface area contributed by atoms with E-state index in [1.165, 1.54) is 0 Å². The van der Waals surface area contributed by atoms with Crippen molar-refractivity contribution in [2.75, 3.05) is 0 Å². The lowest BCUT2D eigenvalue weighted by Crippen LogP contribution is -2.43. The molecule has 0 rings (SSSR count). The zero-order valence-corrected chi connectivity index (χ0v) is 14.5. The molecule has 0 aliphatic heterocycles. The summed E-state index contributed by atoms with van der Waals surface area (Å²) in [5.41, 5.74) is -1.15. The van der Waals surface area contributed by atoms with E-state index < -0.39 is 17.4 Å². The molecule has 21 heavy (non-hydrogen) atoms. The van der Waals surface area contributed by atoms with Gasteiger partial charge in [-0.3, -0.25) is 9.59 Å². The van der Waals surface area contributed by atoms with Gasteiger partial charge < -0.3 is 9.47 Å². The van der Waals surface area contributed by atoms with Crippen LogP contribution in [0.2, 0.25) is 0 Å². The maximum Gasteiger partial charge on any atom is 0.323 e. The van der Waals surface area contributed by atoms with Crippen molar-refractivity contribution in [2.24, 2.45) is 5.41 Å². The molecule has 0 saturated heterocycles. The van der Waals surface area contributed by atoms with Crippen molar-refractivity contribution < 1.29 is 19.1 Å². The van der Waals surface area contributed by atoms with Crippen LogP contribution in [0.25, 0.3) is 0 Å². The van der Waals surface area contributed by atoms with E-state index >= 15 is 0 Å². The first-order chi connectivity index (χ1) is 9.80. The second-order valence-corrected chi connectivity index (χ2v) is 6.15. The van der Waals surface area contributed by atoms with Crippen molar-refractivity contribution in [1.82, 2.24) is 0 Å². The SMILES string of the molecule is CCCCCCC(CC)(C(=O)OC(C)C)C(=O)OC(C)C. The van der Waals surface area contributed by atoms with E-state index in [4.69, 9.17) is 9.47 Å². The monoisotopic (exact) mass is 300 g/mol. The number of hydrogen-bond donors (Lipinski definition) is 0. The maximum atomic E-state index is 12.5. The van der Waals surface area contributed by atoms with Crippen LogP contribution in [0.4, 0.5) is 0 Å². The molecule has 4 heteroatoms. The van der Waals surface area contributed by atoms with Gasteiger partial charge in [-0.1, -0.05) is 39.5 Å². The molecule has 0 aliphatic rings. The number of carbonyl (C=O) groups is 2. The summed E-state index contributed by atoms with van der Waals surface area (Å²) in [5.74, 6) is -0.885. The van der Waals surface area contributed by atoms with E-state index in [1.807, 2.05) is 6.92 Å². The number of esters is 2. The van der Waals surface area contributed by atoms with Gasteiger partial charge in [0.2, 0.25) is 0 Å². The minimum atomic E-state index is -1.15. The number of hydrogen-bond acceptors (Lipinski definition) is 4. The molecule has 0 bridgehead atoms. The summed E-state index contributed by atoms with van der Waals surface area (Å²) in [5, 5.41) is 0. The quantitative estimate of drug-likeness (QED) is 0.344. The highest BCUT2D eigenvalue weighted by atomic mass is 16.6. The van der Waals surface area contributed by atoms with Gasteiger partial charge in [-0.15, -0.1) is 0 Å². The third-order valence-electron chi connectivity index (χ3n) is 3.53. The van der Waals surface area contributed by atoms with Crippen LogP contribution in [0.1, 0.15) is 80.1 Å². The Balaban J connectivity index is 5.08. The summed E-state index contributed by atoms with van der Waals surface area (Å²) in [6.45, 7) is 11.2. The highest BCUT2D eigenvalue weighted by Gasteiger charge is 2.47. The Bertz CT molecular complexity index is 299. The summed E-state index contributed by atoms with van der Waals surface area (Å²) in [7, 11) is 0. The van der Waals surface area contributed by atoms with Gasteiger partial charge >= 0.3 is 11.9 Å². The van der Waals surface area contributed by atoms with Crippen LogP contribution in [0.15, 0.2) is 0 Å². The Morgan fingerprint density at radius 1 is 0.857 bits per heavy atom. The molecular formula is C17H32O4. The Hall–Kier alpha value is -1.06. The minimum Gasteiger partial charge on any atom is -0.462 e. The highest BCUT2D eigenvalue weighted by molar-refractivity contribution is 6.00. The molecule has 0 spiro atoms. The van der Waals surface area contributed by atoms with Crippen LogP contribution in [0.3, 0.4) is 0 Å². The van der Waals surface area contributed by atoms with Crippen molar-refractivity contribution >= 4 is 11.9 Å². The van der Waals surface area contributed by atoms with E-state index in [2.05, 4.69) is 6.92 Å². The first-order valence-corrected chi connectivity index (χ1v) is 8.22. The van der Waals surface area contributed by atoms with Gasteiger partial charge in [0.25, 0.3) is 0 Å². The van der Waals surface area contributed by atoms with Crippen LogP contribution in [-0.4, -0.2) is 24.1 Å². The Morgan fingerprint density at radius 2 is 1.33 bits per heavy atom. The lowest BCUT2D eigenvalue weighted by Gasteiger charge is -2.30. The fourth-order valence-electron chi connectivity index (χ4n) is 2.26. The molecule has 0 aliphatic carbocycles. The van der Waals surface area contributed by atoms with Crippen molar-refractivity contribution in [3.8, 4) is 0 Å². The fourth-order valence-corrected chi connectivity index (χ4v) is 2.26. The molecule has 0 amide bonds. The number of rotatable bonds is 10. The molecule has 0 heterocycles. The molecule has 0 aromatic heterocycles. The first kappa shape index (κ1) is 19.9. The molecule has 0 unspecified atom stereocenters. The van der Waals surface area contributed by atoms with Crippen LogP contribution >= 0.6 is 0 Å².